The fourth-order valence-electron chi connectivity index (χ4n) is 1.35. The maximum absolute atomic E-state index is 5.88. The van der Waals surface area contributed by atoms with E-state index >= 15 is 0 Å². The molecular weight excluding hydrogens is 259 g/mol. The van der Waals surface area contributed by atoms with Crippen LogP contribution in [0.15, 0.2) is 6.33 Å². The van der Waals surface area contributed by atoms with Gasteiger partial charge >= 0.3 is 0 Å². The molecule has 6 heteroatoms. The summed E-state index contributed by atoms with van der Waals surface area (Å²) in [5.74, 6) is 2.40. The van der Waals surface area contributed by atoms with Crippen LogP contribution in [-0.4, -0.2) is 32.1 Å². The zero-order chi connectivity index (χ0) is 12.9. The number of halogens is 2. The molecule has 1 aromatic heterocycles. The fraction of sp³-hybridized carbons (Fsp3) is 0.818. The summed E-state index contributed by atoms with van der Waals surface area (Å²) in [6, 6.07) is 0. The minimum absolute atomic E-state index is 0.266. The highest BCUT2D eigenvalue weighted by molar-refractivity contribution is 6.22. The van der Waals surface area contributed by atoms with Gasteiger partial charge in [0, 0.05) is 23.8 Å². The summed E-state index contributed by atoms with van der Waals surface area (Å²) in [4.78, 5) is 4.24. The van der Waals surface area contributed by atoms with Gasteiger partial charge in [-0.15, -0.1) is 23.2 Å². The lowest BCUT2D eigenvalue weighted by Gasteiger charge is -2.25. The van der Waals surface area contributed by atoms with E-state index in [2.05, 4.69) is 29.2 Å². The molecule has 1 N–H and O–H groups in total. The second-order valence-corrected chi connectivity index (χ2v) is 5.47. The Labute approximate surface area is 113 Å². The monoisotopic (exact) mass is 278 g/mol. The standard InChI is InChI=1S/C11H20Cl2N4/c1-9(2)5-17-10(14-8-16-17)4-15-11(3,6-12)7-13/h8-9,15H,4-7H2,1-3H3. The number of nitrogens with one attached hydrogen (secondary N) is 1. The first-order chi connectivity index (χ1) is 8.00. The van der Waals surface area contributed by atoms with Crippen LogP contribution >= 0.6 is 23.2 Å². The number of hydrogen-bond acceptors (Lipinski definition) is 3. The molecular formula is C11H20Cl2N4. The minimum Gasteiger partial charge on any atom is -0.302 e. The van der Waals surface area contributed by atoms with Crippen molar-refractivity contribution in [3.63, 3.8) is 0 Å². The zero-order valence-electron chi connectivity index (χ0n) is 10.6. The van der Waals surface area contributed by atoms with E-state index in [-0.39, 0.29) is 5.54 Å². The molecule has 0 radical (unpaired) electrons. The normalized spacial score (nSPS) is 12.4. The Kier molecular flexibility index (Phi) is 5.70. The van der Waals surface area contributed by atoms with Gasteiger partial charge in [-0.3, -0.25) is 0 Å². The highest BCUT2D eigenvalue weighted by atomic mass is 35.5. The van der Waals surface area contributed by atoms with Crippen molar-refractivity contribution in [3.05, 3.63) is 12.2 Å². The molecule has 1 aromatic rings. The minimum atomic E-state index is -0.266. The summed E-state index contributed by atoms with van der Waals surface area (Å²) in [5, 5.41) is 7.53. The predicted octanol–water partition coefficient (Wildman–Crippen LogP) is 2.26. The largest absolute Gasteiger partial charge is 0.302 e. The first-order valence-electron chi connectivity index (χ1n) is 5.74. The third-order valence-corrected chi connectivity index (χ3v) is 3.68. The third-order valence-electron chi connectivity index (χ3n) is 2.50. The van der Waals surface area contributed by atoms with E-state index in [0.29, 0.717) is 24.2 Å². The maximum Gasteiger partial charge on any atom is 0.140 e. The molecule has 0 aromatic carbocycles. The van der Waals surface area contributed by atoms with Crippen LogP contribution in [0.2, 0.25) is 0 Å². The second-order valence-electron chi connectivity index (χ2n) is 4.93. The molecule has 0 atom stereocenters. The third kappa shape index (κ3) is 4.45. The lowest BCUT2D eigenvalue weighted by Crippen LogP contribution is -2.45. The van der Waals surface area contributed by atoms with Gasteiger partial charge in [0.1, 0.15) is 12.2 Å². The highest BCUT2D eigenvalue weighted by Gasteiger charge is 2.22. The van der Waals surface area contributed by atoms with Gasteiger partial charge in [0.15, 0.2) is 0 Å². The molecule has 0 spiro atoms. The van der Waals surface area contributed by atoms with Crippen molar-refractivity contribution in [2.45, 2.75) is 39.4 Å². The lowest BCUT2D eigenvalue weighted by molar-refractivity contribution is 0.404. The van der Waals surface area contributed by atoms with Crippen LogP contribution in [0.3, 0.4) is 0 Å². The van der Waals surface area contributed by atoms with E-state index in [4.69, 9.17) is 23.2 Å². The first-order valence-corrected chi connectivity index (χ1v) is 6.81. The van der Waals surface area contributed by atoms with E-state index in [0.717, 1.165) is 12.4 Å². The molecule has 0 bridgehead atoms. The van der Waals surface area contributed by atoms with Crippen molar-refractivity contribution in [1.29, 1.82) is 0 Å². The molecule has 4 nitrogen and oxygen atoms in total. The van der Waals surface area contributed by atoms with Crippen LogP contribution in [0.5, 0.6) is 0 Å². The SMILES string of the molecule is CC(C)Cn1ncnc1CNC(C)(CCl)CCl. The van der Waals surface area contributed by atoms with Gasteiger partial charge in [-0.25, -0.2) is 9.67 Å². The van der Waals surface area contributed by atoms with E-state index in [9.17, 15) is 0 Å². The Morgan fingerprint density at radius 3 is 2.59 bits per heavy atom. The van der Waals surface area contributed by atoms with Gasteiger partial charge in [0.2, 0.25) is 0 Å². The Morgan fingerprint density at radius 2 is 2.06 bits per heavy atom. The average Bonchev–Trinajstić information content (AvgIpc) is 2.72. The van der Waals surface area contributed by atoms with Gasteiger partial charge < -0.3 is 5.32 Å². The Morgan fingerprint density at radius 1 is 1.41 bits per heavy atom. The van der Waals surface area contributed by atoms with Crippen LogP contribution < -0.4 is 5.32 Å². The molecule has 1 heterocycles. The molecule has 0 aliphatic carbocycles. The predicted molar refractivity (Wildman–Crippen MR) is 71.5 cm³/mol. The fourth-order valence-corrected chi connectivity index (χ4v) is 1.82. The molecule has 0 saturated heterocycles. The van der Waals surface area contributed by atoms with E-state index in [1.807, 2.05) is 11.6 Å². The topological polar surface area (TPSA) is 42.7 Å². The van der Waals surface area contributed by atoms with Crippen molar-refractivity contribution in [2.24, 2.45) is 5.92 Å². The van der Waals surface area contributed by atoms with Gasteiger partial charge in [-0.05, 0) is 12.8 Å². The summed E-state index contributed by atoms with van der Waals surface area (Å²) in [6.07, 6.45) is 1.58. The molecule has 98 valence electrons. The van der Waals surface area contributed by atoms with Crippen molar-refractivity contribution in [3.8, 4) is 0 Å². The molecule has 0 aliphatic rings. The highest BCUT2D eigenvalue weighted by Crippen LogP contribution is 2.10. The summed E-state index contributed by atoms with van der Waals surface area (Å²) in [6.45, 7) is 7.80. The number of nitrogens with zero attached hydrogens (tertiary/aromatic N) is 3. The van der Waals surface area contributed by atoms with Crippen molar-refractivity contribution >= 4 is 23.2 Å². The van der Waals surface area contributed by atoms with Crippen molar-refractivity contribution in [2.75, 3.05) is 11.8 Å². The molecule has 0 amide bonds. The number of hydrogen-bond donors (Lipinski definition) is 1. The molecule has 17 heavy (non-hydrogen) atoms. The van der Waals surface area contributed by atoms with Gasteiger partial charge in [-0.1, -0.05) is 13.8 Å². The number of alkyl halides is 2. The van der Waals surface area contributed by atoms with Crippen LogP contribution in [0.1, 0.15) is 26.6 Å². The van der Waals surface area contributed by atoms with Crippen LogP contribution in [0.4, 0.5) is 0 Å². The average molecular weight is 279 g/mol. The summed E-state index contributed by atoms with van der Waals surface area (Å²) in [5.41, 5.74) is -0.266. The number of rotatable bonds is 7. The van der Waals surface area contributed by atoms with Gasteiger partial charge in [0.05, 0.1) is 6.54 Å². The van der Waals surface area contributed by atoms with Crippen molar-refractivity contribution < 1.29 is 0 Å². The smallest absolute Gasteiger partial charge is 0.140 e. The van der Waals surface area contributed by atoms with Crippen LogP contribution in [0, 0.1) is 5.92 Å². The molecule has 0 fully saturated rings. The van der Waals surface area contributed by atoms with E-state index < -0.39 is 0 Å². The van der Waals surface area contributed by atoms with E-state index in [1.165, 1.54) is 0 Å². The van der Waals surface area contributed by atoms with Crippen LogP contribution in [0.25, 0.3) is 0 Å². The first kappa shape index (κ1) is 14.7. The van der Waals surface area contributed by atoms with Gasteiger partial charge in [0.25, 0.3) is 0 Å². The number of aromatic nitrogens is 3. The zero-order valence-corrected chi connectivity index (χ0v) is 12.1. The van der Waals surface area contributed by atoms with E-state index in [1.54, 1.807) is 6.33 Å². The lowest BCUT2D eigenvalue weighted by atomic mass is 10.1. The summed E-state index contributed by atoms with van der Waals surface area (Å²) >= 11 is 11.8. The van der Waals surface area contributed by atoms with Crippen molar-refractivity contribution in [1.82, 2.24) is 20.1 Å². The van der Waals surface area contributed by atoms with Crippen LogP contribution in [-0.2, 0) is 13.1 Å². The Balaban J connectivity index is 2.60. The summed E-state index contributed by atoms with van der Waals surface area (Å²) < 4.78 is 1.92. The maximum atomic E-state index is 5.88. The summed E-state index contributed by atoms with van der Waals surface area (Å²) in [7, 11) is 0. The Hall–Kier alpha value is -0.320. The quantitative estimate of drug-likeness (QED) is 0.778. The molecule has 0 aliphatic heterocycles. The molecule has 0 saturated carbocycles. The second kappa shape index (κ2) is 6.57. The Bertz CT molecular complexity index is 334. The molecule has 1 rings (SSSR count). The molecule has 0 unspecified atom stereocenters. The van der Waals surface area contributed by atoms with Gasteiger partial charge in [-0.2, -0.15) is 5.10 Å².